The Morgan fingerprint density at radius 2 is 0.788 bits per heavy atom. The van der Waals surface area contributed by atoms with E-state index in [1.54, 1.807) is 0 Å². The minimum Gasteiger partial charge on any atom is -0.456 e. The highest BCUT2D eigenvalue weighted by atomic mass is 16.3. The molecule has 0 aliphatic carbocycles. The van der Waals surface area contributed by atoms with Crippen molar-refractivity contribution >= 4 is 99.5 Å². The maximum absolute atomic E-state index is 6.95. The van der Waals surface area contributed by atoms with E-state index >= 15 is 0 Å². The molecule has 4 heteroatoms. The third-order valence-corrected chi connectivity index (χ3v) is 15.3. The zero-order valence-corrected chi connectivity index (χ0v) is 40.3. The molecule has 0 spiro atoms. The molecule has 0 N–H and O–H groups in total. The lowest BCUT2D eigenvalue weighted by molar-refractivity contribution is 0.663. The van der Waals surface area contributed by atoms with Crippen molar-refractivity contribution < 1.29 is 8.83 Å². The van der Waals surface area contributed by atoms with Gasteiger partial charge in [0.1, 0.15) is 22.3 Å². The Bertz CT molecular complexity index is 3800. The maximum atomic E-state index is 6.95. The molecule has 0 atom stereocenters. The molecule has 11 aromatic rings. The van der Waals surface area contributed by atoms with E-state index in [2.05, 4.69) is 214 Å². The molecular weight excluding hydrogens is 805 g/mol. The van der Waals surface area contributed by atoms with Gasteiger partial charge in [-0.2, -0.15) is 0 Å². The number of aryl methyl sites for hydroxylation is 5. The molecule has 2 aromatic heterocycles. The summed E-state index contributed by atoms with van der Waals surface area (Å²) >= 11 is 0. The highest BCUT2D eigenvalue weighted by Gasteiger charge is 2.23. The van der Waals surface area contributed by atoms with Crippen LogP contribution in [0.4, 0.5) is 34.1 Å². The number of hydrogen-bond donors (Lipinski definition) is 0. The number of hydrogen-bond acceptors (Lipinski definition) is 4. The molecule has 326 valence electrons. The predicted molar refractivity (Wildman–Crippen MR) is 282 cm³/mol. The lowest BCUT2D eigenvalue weighted by Crippen LogP contribution is -2.14. The van der Waals surface area contributed by atoms with Gasteiger partial charge in [0.25, 0.3) is 0 Å². The van der Waals surface area contributed by atoms with Gasteiger partial charge < -0.3 is 18.6 Å². The van der Waals surface area contributed by atoms with E-state index in [9.17, 15) is 0 Å². The van der Waals surface area contributed by atoms with E-state index in [-0.39, 0.29) is 0 Å². The van der Waals surface area contributed by atoms with Crippen LogP contribution in [0.15, 0.2) is 130 Å². The van der Waals surface area contributed by atoms with Gasteiger partial charge in [0, 0.05) is 50.3 Å². The van der Waals surface area contributed by atoms with Gasteiger partial charge in [-0.05, 0) is 256 Å². The Hall–Kier alpha value is -7.30. The van der Waals surface area contributed by atoms with E-state index in [0.29, 0.717) is 0 Å². The van der Waals surface area contributed by atoms with Crippen LogP contribution >= 0.6 is 0 Å². The van der Waals surface area contributed by atoms with Crippen molar-refractivity contribution in [1.82, 2.24) is 0 Å². The highest BCUT2D eigenvalue weighted by Crippen LogP contribution is 2.46. The van der Waals surface area contributed by atoms with Crippen molar-refractivity contribution in [1.29, 1.82) is 0 Å². The first kappa shape index (κ1) is 41.4. The number of anilines is 6. The summed E-state index contributed by atoms with van der Waals surface area (Å²) in [4.78, 5) is 4.88. The van der Waals surface area contributed by atoms with Crippen LogP contribution in [-0.2, 0) is 0 Å². The van der Waals surface area contributed by atoms with Crippen molar-refractivity contribution in [3.8, 4) is 0 Å². The van der Waals surface area contributed by atoms with Gasteiger partial charge in [-0.1, -0.05) is 36.4 Å². The zero-order valence-electron chi connectivity index (χ0n) is 40.3. The average molecular weight is 861 g/mol. The first-order valence-corrected chi connectivity index (χ1v) is 23.2. The molecule has 0 saturated heterocycles. The largest absolute Gasteiger partial charge is 0.456 e. The van der Waals surface area contributed by atoms with Crippen molar-refractivity contribution in [2.75, 3.05) is 9.80 Å². The summed E-state index contributed by atoms with van der Waals surface area (Å²) in [5.74, 6) is 0. The summed E-state index contributed by atoms with van der Waals surface area (Å²) in [7, 11) is 0. The van der Waals surface area contributed by atoms with Gasteiger partial charge in [-0.25, -0.2) is 0 Å². The summed E-state index contributed by atoms with van der Waals surface area (Å²) < 4.78 is 13.7. The molecule has 0 unspecified atom stereocenters. The smallest absolute Gasteiger partial charge is 0.147 e. The first-order valence-electron chi connectivity index (χ1n) is 23.2. The Balaban J connectivity index is 1.05. The van der Waals surface area contributed by atoms with Crippen LogP contribution in [0.2, 0.25) is 0 Å². The van der Waals surface area contributed by atoms with Gasteiger partial charge in [0.05, 0.1) is 5.39 Å². The fourth-order valence-electron chi connectivity index (χ4n) is 10.5. The third kappa shape index (κ3) is 6.33. The molecular formula is C62H56N2O2. The highest BCUT2D eigenvalue weighted by molar-refractivity contribution is 6.24. The van der Waals surface area contributed by atoms with Crippen LogP contribution in [0.3, 0.4) is 0 Å². The molecule has 11 rings (SSSR count). The second-order valence-corrected chi connectivity index (χ2v) is 19.1. The summed E-state index contributed by atoms with van der Waals surface area (Å²) in [5.41, 5.74) is 25.9. The van der Waals surface area contributed by atoms with Crippen LogP contribution in [0.5, 0.6) is 0 Å². The van der Waals surface area contributed by atoms with Gasteiger partial charge >= 0.3 is 0 Å². The van der Waals surface area contributed by atoms with Gasteiger partial charge in [0.2, 0.25) is 0 Å². The molecule has 9 aromatic carbocycles. The number of nitrogens with zero attached hydrogens (tertiary/aromatic N) is 2. The average Bonchev–Trinajstić information content (AvgIpc) is 3.85. The summed E-state index contributed by atoms with van der Waals surface area (Å²) in [6.07, 6.45) is 0. The minimum atomic E-state index is 0.820. The Morgan fingerprint density at radius 3 is 1.32 bits per heavy atom. The Labute approximate surface area is 387 Å². The third-order valence-electron chi connectivity index (χ3n) is 15.3. The van der Waals surface area contributed by atoms with E-state index in [1.165, 1.54) is 94.9 Å². The molecule has 0 aliphatic heterocycles. The molecule has 0 bridgehead atoms. The number of furan rings is 2. The van der Waals surface area contributed by atoms with E-state index in [4.69, 9.17) is 8.83 Å². The van der Waals surface area contributed by atoms with Crippen LogP contribution in [0, 0.1) is 83.1 Å². The van der Waals surface area contributed by atoms with E-state index in [1.807, 2.05) is 0 Å². The molecule has 0 fully saturated rings. The molecule has 0 radical (unpaired) electrons. The number of fused-ring (bicyclic) bond motifs is 9. The zero-order chi connectivity index (χ0) is 46.0. The van der Waals surface area contributed by atoms with Gasteiger partial charge in [-0.15, -0.1) is 0 Å². The number of rotatable bonds is 6. The molecule has 0 aliphatic rings. The van der Waals surface area contributed by atoms with Crippen molar-refractivity contribution in [2.45, 2.75) is 83.1 Å². The molecule has 0 amide bonds. The quantitative estimate of drug-likeness (QED) is 0.167. The second kappa shape index (κ2) is 15.1. The van der Waals surface area contributed by atoms with Crippen molar-refractivity contribution in [3.05, 3.63) is 188 Å². The van der Waals surface area contributed by atoms with Gasteiger partial charge in [-0.3, -0.25) is 0 Å². The predicted octanol–water partition coefficient (Wildman–Crippen LogP) is 18.4. The molecule has 2 heterocycles. The fraction of sp³-hybridized carbons (Fsp3) is 0.194. The lowest BCUT2D eigenvalue weighted by Gasteiger charge is -2.30. The Morgan fingerprint density at radius 1 is 0.303 bits per heavy atom. The Kier molecular flexibility index (Phi) is 9.50. The topological polar surface area (TPSA) is 32.8 Å². The molecule has 4 nitrogen and oxygen atoms in total. The summed E-state index contributed by atoms with van der Waals surface area (Å²) in [5, 5.41) is 8.82. The lowest BCUT2D eigenvalue weighted by atomic mass is 9.97. The monoisotopic (exact) mass is 860 g/mol. The van der Waals surface area contributed by atoms with E-state index in [0.717, 1.165) is 71.4 Å². The molecule has 66 heavy (non-hydrogen) atoms. The SMILES string of the molecule is Cc1cc(C)c(C)c(N(c2ccc3cc4c(cc3c2)oc2c4ccc3oc4cc5cc(N(c6ccc(C)c(C)c6C)c6ccc(C)c(C)c6C)ccc5cc4c32)c2ccc(C)c(C)c2C)c1. The van der Waals surface area contributed by atoms with Crippen LogP contribution in [0.1, 0.15) is 66.8 Å². The minimum absolute atomic E-state index is 0.820. The fourth-order valence-corrected chi connectivity index (χ4v) is 10.5. The standard InChI is InChI=1S/C62H56N2O2/c1-33-25-37(5)41(9)57(26-33)64(56-23-15-36(4)40(8)44(56)12)50-19-16-45-29-52-51-20-24-58-61(62(51)66-59(52)31-47(45)28-50)53-30-46-17-18-49(27-48(46)32-60(53)65-58)63(54-21-13-34(2)38(6)42(54)10)55-22-14-35(3)39(7)43(55)11/h13-32H,1-12H3. The van der Waals surface area contributed by atoms with Crippen molar-refractivity contribution in [2.24, 2.45) is 0 Å². The number of benzene rings is 9. The molecule has 0 saturated carbocycles. The normalized spacial score (nSPS) is 11.9. The van der Waals surface area contributed by atoms with E-state index < -0.39 is 0 Å². The van der Waals surface area contributed by atoms with Crippen molar-refractivity contribution in [3.63, 3.8) is 0 Å². The van der Waals surface area contributed by atoms with Crippen LogP contribution in [0.25, 0.3) is 65.4 Å². The summed E-state index contributed by atoms with van der Waals surface area (Å²) in [6.45, 7) is 26.6. The first-order chi connectivity index (χ1) is 31.7. The van der Waals surface area contributed by atoms with Gasteiger partial charge in [0.15, 0.2) is 0 Å². The van der Waals surface area contributed by atoms with Crippen LogP contribution < -0.4 is 9.80 Å². The van der Waals surface area contributed by atoms with Crippen LogP contribution in [-0.4, -0.2) is 0 Å². The second-order valence-electron chi connectivity index (χ2n) is 19.1. The maximum Gasteiger partial charge on any atom is 0.147 e. The summed E-state index contributed by atoms with van der Waals surface area (Å²) in [6, 6.07) is 45.1.